The molecule has 0 heterocycles. The maximum Gasteiger partial charge on any atom is 0.110 e. The van der Waals surface area contributed by atoms with Crippen molar-refractivity contribution in [2.45, 2.75) is 24.1 Å². The Morgan fingerprint density at radius 1 is 1.56 bits per heavy atom. The molecule has 0 saturated heterocycles. The molecule has 0 saturated carbocycles. The maximum atomic E-state index is 8.41. The van der Waals surface area contributed by atoms with Gasteiger partial charge in [0, 0.05) is 6.42 Å². The number of hydrogen-bond donors (Lipinski definition) is 0. The first-order chi connectivity index (χ1) is 4.12. The van der Waals surface area contributed by atoms with Gasteiger partial charge in [0.1, 0.15) is 4.32 Å². The summed E-state index contributed by atoms with van der Waals surface area (Å²) in [6, 6.07) is 4.02. The van der Waals surface area contributed by atoms with E-state index in [0.717, 1.165) is 0 Å². The molecule has 0 spiro atoms. The van der Waals surface area contributed by atoms with Crippen LogP contribution in [0.15, 0.2) is 0 Å². The average molecular weight is 187 g/mol. The molecule has 0 aliphatic rings. The van der Waals surface area contributed by atoms with Crippen LogP contribution in [0.4, 0.5) is 0 Å². The predicted octanol–water partition coefficient (Wildman–Crippen LogP) is 1.97. The Bertz CT molecular complexity index is 161. The van der Waals surface area contributed by atoms with Crippen LogP contribution >= 0.6 is 15.9 Å². The zero-order chi connectivity index (χ0) is 7.33. The van der Waals surface area contributed by atoms with Gasteiger partial charge in [-0.1, -0.05) is 15.9 Å². The van der Waals surface area contributed by atoms with E-state index in [1.165, 1.54) is 0 Å². The van der Waals surface area contributed by atoms with E-state index < -0.39 is 4.32 Å². The Balaban J connectivity index is 3.65. The van der Waals surface area contributed by atoms with Crippen molar-refractivity contribution < 1.29 is 0 Å². The second-order valence-corrected chi connectivity index (χ2v) is 3.72. The van der Waals surface area contributed by atoms with E-state index in [-0.39, 0.29) is 0 Å². The van der Waals surface area contributed by atoms with E-state index in [1.54, 1.807) is 6.92 Å². The number of hydrogen-bond acceptors (Lipinski definition) is 2. The van der Waals surface area contributed by atoms with Gasteiger partial charge in [0.15, 0.2) is 0 Å². The number of nitriles is 2. The Morgan fingerprint density at radius 2 is 2.11 bits per heavy atom. The molecule has 9 heavy (non-hydrogen) atoms. The smallest absolute Gasteiger partial charge is 0.110 e. The van der Waals surface area contributed by atoms with Crippen LogP contribution in [0, 0.1) is 22.7 Å². The molecule has 0 N–H and O–H groups in total. The van der Waals surface area contributed by atoms with Crippen LogP contribution in [-0.4, -0.2) is 4.32 Å². The minimum Gasteiger partial charge on any atom is -0.198 e. The van der Waals surface area contributed by atoms with Crippen LogP contribution in [0.3, 0.4) is 0 Å². The van der Waals surface area contributed by atoms with E-state index in [4.69, 9.17) is 10.5 Å². The van der Waals surface area contributed by atoms with Gasteiger partial charge in [-0.2, -0.15) is 10.5 Å². The molecule has 0 bridgehead atoms. The van der Waals surface area contributed by atoms with Crippen LogP contribution < -0.4 is 0 Å². The summed E-state index contributed by atoms with van der Waals surface area (Å²) >= 11 is 3.17. The van der Waals surface area contributed by atoms with E-state index in [0.29, 0.717) is 12.8 Å². The van der Waals surface area contributed by atoms with Crippen LogP contribution in [0.25, 0.3) is 0 Å². The Hall–Kier alpha value is -0.540. The Labute approximate surface area is 63.2 Å². The normalized spacial score (nSPS) is 15.1. The fourth-order valence-electron chi connectivity index (χ4n) is 0.347. The van der Waals surface area contributed by atoms with E-state index in [2.05, 4.69) is 15.9 Å². The van der Waals surface area contributed by atoms with Gasteiger partial charge >= 0.3 is 0 Å². The second kappa shape index (κ2) is 3.48. The Kier molecular flexibility index (Phi) is 3.27. The van der Waals surface area contributed by atoms with Gasteiger partial charge in [0.2, 0.25) is 0 Å². The molecule has 0 radical (unpaired) electrons. The summed E-state index contributed by atoms with van der Waals surface area (Å²) in [7, 11) is 0. The molecule has 0 aliphatic heterocycles. The topological polar surface area (TPSA) is 47.6 Å². The molecule has 48 valence electrons. The highest BCUT2D eigenvalue weighted by Gasteiger charge is 2.17. The van der Waals surface area contributed by atoms with Gasteiger partial charge in [0.05, 0.1) is 12.1 Å². The summed E-state index contributed by atoms with van der Waals surface area (Å²) in [5.41, 5.74) is 0. The molecule has 0 aromatic heterocycles. The quantitative estimate of drug-likeness (QED) is 0.620. The fraction of sp³-hybridized carbons (Fsp3) is 0.667. The van der Waals surface area contributed by atoms with Crippen molar-refractivity contribution in [1.29, 1.82) is 10.5 Å². The lowest BCUT2D eigenvalue weighted by Gasteiger charge is -2.08. The lowest BCUT2D eigenvalue weighted by molar-refractivity contribution is 0.739. The van der Waals surface area contributed by atoms with Crippen molar-refractivity contribution >= 4 is 15.9 Å². The maximum absolute atomic E-state index is 8.41. The molecular weight excluding hydrogens is 180 g/mol. The number of alkyl halides is 1. The van der Waals surface area contributed by atoms with Crippen molar-refractivity contribution in [2.75, 3.05) is 0 Å². The van der Waals surface area contributed by atoms with Crippen molar-refractivity contribution in [3.05, 3.63) is 0 Å². The van der Waals surface area contributed by atoms with Crippen molar-refractivity contribution in [3.8, 4) is 12.1 Å². The molecule has 0 aromatic carbocycles. The van der Waals surface area contributed by atoms with Gasteiger partial charge in [-0.3, -0.25) is 0 Å². The number of rotatable bonds is 2. The molecule has 0 aromatic rings. The first-order valence-electron chi connectivity index (χ1n) is 2.59. The summed E-state index contributed by atoms with van der Waals surface area (Å²) in [4.78, 5) is 0. The molecule has 0 rings (SSSR count). The lowest BCUT2D eigenvalue weighted by Crippen LogP contribution is -2.10. The van der Waals surface area contributed by atoms with Gasteiger partial charge in [-0.15, -0.1) is 0 Å². The van der Waals surface area contributed by atoms with Gasteiger partial charge in [-0.05, 0) is 13.3 Å². The van der Waals surface area contributed by atoms with E-state index >= 15 is 0 Å². The highest BCUT2D eigenvalue weighted by atomic mass is 79.9. The summed E-state index contributed by atoms with van der Waals surface area (Å²) in [5.74, 6) is 0. The van der Waals surface area contributed by atoms with Gasteiger partial charge < -0.3 is 0 Å². The number of halogens is 1. The molecule has 0 fully saturated rings. The van der Waals surface area contributed by atoms with Crippen molar-refractivity contribution in [1.82, 2.24) is 0 Å². The first-order valence-corrected chi connectivity index (χ1v) is 3.39. The third kappa shape index (κ3) is 4.00. The third-order valence-electron chi connectivity index (χ3n) is 0.939. The lowest BCUT2D eigenvalue weighted by atomic mass is 10.1. The molecule has 1 atom stereocenters. The minimum atomic E-state index is -0.511. The van der Waals surface area contributed by atoms with Crippen LogP contribution in [0.5, 0.6) is 0 Å². The summed E-state index contributed by atoms with van der Waals surface area (Å²) in [6.45, 7) is 1.75. The SMILES string of the molecule is CC(Br)(C#N)CCC#N. The first kappa shape index (κ1) is 8.46. The standard InChI is InChI=1S/C6H7BrN2/c1-6(7,5-9)3-2-4-8/h2-3H2,1H3. The second-order valence-electron chi connectivity index (χ2n) is 1.97. The highest BCUT2D eigenvalue weighted by molar-refractivity contribution is 9.10. The molecule has 0 amide bonds. The molecule has 2 nitrogen and oxygen atoms in total. The highest BCUT2D eigenvalue weighted by Crippen LogP contribution is 2.21. The minimum absolute atomic E-state index is 0.426. The fourth-order valence-corrected chi connectivity index (χ4v) is 0.545. The predicted molar refractivity (Wildman–Crippen MR) is 37.8 cm³/mol. The van der Waals surface area contributed by atoms with Crippen LogP contribution in [0.1, 0.15) is 19.8 Å². The molecule has 1 unspecified atom stereocenters. The Morgan fingerprint density at radius 3 is 2.44 bits per heavy atom. The van der Waals surface area contributed by atoms with E-state index in [9.17, 15) is 0 Å². The average Bonchev–Trinajstić information content (AvgIpc) is 1.84. The monoisotopic (exact) mass is 186 g/mol. The van der Waals surface area contributed by atoms with Crippen molar-refractivity contribution in [2.24, 2.45) is 0 Å². The molecular formula is C6H7BrN2. The van der Waals surface area contributed by atoms with Gasteiger partial charge in [0.25, 0.3) is 0 Å². The number of nitrogens with zero attached hydrogens (tertiary/aromatic N) is 2. The van der Waals surface area contributed by atoms with Crippen LogP contribution in [-0.2, 0) is 0 Å². The summed E-state index contributed by atoms with van der Waals surface area (Å²) in [6.07, 6.45) is 1.01. The summed E-state index contributed by atoms with van der Waals surface area (Å²) in [5, 5.41) is 16.6. The largest absolute Gasteiger partial charge is 0.198 e. The zero-order valence-corrected chi connectivity index (χ0v) is 6.77. The molecule has 0 aliphatic carbocycles. The zero-order valence-electron chi connectivity index (χ0n) is 5.19. The molecule has 3 heteroatoms. The van der Waals surface area contributed by atoms with Gasteiger partial charge in [-0.25, -0.2) is 0 Å². The third-order valence-corrected chi connectivity index (χ3v) is 1.51. The van der Waals surface area contributed by atoms with Crippen LogP contribution in [0.2, 0.25) is 0 Å². The summed E-state index contributed by atoms with van der Waals surface area (Å²) < 4.78 is -0.511. The van der Waals surface area contributed by atoms with Crippen molar-refractivity contribution in [3.63, 3.8) is 0 Å². The van der Waals surface area contributed by atoms with E-state index in [1.807, 2.05) is 12.1 Å².